The van der Waals surface area contributed by atoms with Crippen molar-refractivity contribution < 1.29 is 0 Å². The van der Waals surface area contributed by atoms with Crippen molar-refractivity contribution in [1.29, 1.82) is 0 Å². The van der Waals surface area contributed by atoms with E-state index in [2.05, 4.69) is 46.3 Å². The fourth-order valence-corrected chi connectivity index (χ4v) is 2.50. The van der Waals surface area contributed by atoms with Crippen LogP contribution in [0.3, 0.4) is 0 Å². The second-order valence-corrected chi connectivity index (χ2v) is 4.99. The van der Waals surface area contributed by atoms with Crippen molar-refractivity contribution in [1.82, 2.24) is 14.5 Å². The molecule has 0 aromatic carbocycles. The zero-order valence-electron chi connectivity index (χ0n) is 8.38. The number of nitrogens with one attached hydrogen (secondary N) is 1. The summed E-state index contributed by atoms with van der Waals surface area (Å²) in [6, 6.07) is 0.546. The Hall–Kier alpha value is -0.300. The molecular formula is C9H14IN3O. The Bertz CT molecular complexity index is 393. The van der Waals surface area contributed by atoms with Crippen LogP contribution in [0.4, 0.5) is 0 Å². The van der Waals surface area contributed by atoms with E-state index in [1.54, 1.807) is 0 Å². The number of aromatic nitrogens is 2. The SMILES string of the molecule is CC(C)N1CCn2c(c(I)[nH]c2=O)C1. The maximum atomic E-state index is 11.4. The Kier molecular flexibility index (Phi) is 2.70. The van der Waals surface area contributed by atoms with Gasteiger partial charge in [0.1, 0.15) is 3.70 Å². The minimum absolute atomic E-state index is 0.0350. The molecule has 0 saturated carbocycles. The predicted octanol–water partition coefficient (Wildman–Crippen LogP) is 1.00. The summed E-state index contributed by atoms with van der Waals surface area (Å²) >= 11 is 2.19. The molecule has 0 amide bonds. The van der Waals surface area contributed by atoms with E-state index in [1.807, 2.05) is 4.57 Å². The Morgan fingerprint density at radius 2 is 2.14 bits per heavy atom. The summed E-state index contributed by atoms with van der Waals surface area (Å²) in [5.74, 6) is 0. The molecule has 0 spiro atoms. The Labute approximate surface area is 96.4 Å². The summed E-state index contributed by atoms with van der Waals surface area (Å²) in [7, 11) is 0. The number of hydrogen-bond donors (Lipinski definition) is 1. The third-order valence-corrected chi connectivity index (χ3v) is 3.63. The highest BCUT2D eigenvalue weighted by molar-refractivity contribution is 14.1. The minimum atomic E-state index is 0.0350. The number of fused-ring (bicyclic) bond motifs is 1. The lowest BCUT2D eigenvalue weighted by Crippen LogP contribution is -2.40. The topological polar surface area (TPSA) is 41.0 Å². The summed E-state index contributed by atoms with van der Waals surface area (Å²) in [5, 5.41) is 0. The molecule has 78 valence electrons. The van der Waals surface area contributed by atoms with Gasteiger partial charge in [0.25, 0.3) is 0 Å². The summed E-state index contributed by atoms with van der Waals surface area (Å²) in [4.78, 5) is 16.7. The molecule has 0 radical (unpaired) electrons. The van der Waals surface area contributed by atoms with Crippen molar-refractivity contribution in [3.8, 4) is 0 Å². The molecule has 0 bridgehead atoms. The second kappa shape index (κ2) is 3.69. The Morgan fingerprint density at radius 1 is 1.43 bits per heavy atom. The third kappa shape index (κ3) is 1.63. The van der Waals surface area contributed by atoms with Crippen LogP contribution in [-0.4, -0.2) is 27.0 Å². The van der Waals surface area contributed by atoms with Crippen molar-refractivity contribution >= 4 is 22.6 Å². The van der Waals surface area contributed by atoms with Gasteiger partial charge in [-0.05, 0) is 36.4 Å². The van der Waals surface area contributed by atoms with Crippen LogP contribution in [0.15, 0.2) is 4.79 Å². The molecule has 0 saturated heterocycles. The molecule has 5 heteroatoms. The van der Waals surface area contributed by atoms with E-state index < -0.39 is 0 Å². The van der Waals surface area contributed by atoms with E-state index in [9.17, 15) is 4.79 Å². The average Bonchev–Trinajstić information content (AvgIpc) is 2.42. The second-order valence-electron chi connectivity index (χ2n) is 3.91. The first-order valence-electron chi connectivity index (χ1n) is 4.81. The molecule has 2 heterocycles. The quantitative estimate of drug-likeness (QED) is 0.787. The number of nitrogens with zero attached hydrogens (tertiary/aromatic N) is 2. The molecule has 1 aliphatic heterocycles. The smallest absolute Gasteiger partial charge is 0.301 e. The molecular weight excluding hydrogens is 293 g/mol. The van der Waals surface area contributed by atoms with Gasteiger partial charge in [-0.1, -0.05) is 0 Å². The third-order valence-electron chi connectivity index (χ3n) is 2.73. The lowest BCUT2D eigenvalue weighted by molar-refractivity contribution is 0.175. The van der Waals surface area contributed by atoms with Crippen LogP contribution in [0.25, 0.3) is 0 Å². The number of H-pyrrole nitrogens is 1. The standard InChI is InChI=1S/C9H14IN3O/c1-6(2)12-3-4-13-7(5-12)8(10)11-9(13)14/h6H,3-5H2,1-2H3,(H,11,14). The maximum absolute atomic E-state index is 11.4. The molecule has 4 nitrogen and oxygen atoms in total. The van der Waals surface area contributed by atoms with Crippen molar-refractivity contribution in [2.75, 3.05) is 6.54 Å². The van der Waals surface area contributed by atoms with Crippen molar-refractivity contribution in [2.45, 2.75) is 33.0 Å². The summed E-state index contributed by atoms with van der Waals surface area (Å²) in [5.41, 5.74) is 1.17. The van der Waals surface area contributed by atoms with Gasteiger partial charge in [0.15, 0.2) is 0 Å². The zero-order chi connectivity index (χ0) is 10.3. The zero-order valence-corrected chi connectivity index (χ0v) is 10.5. The molecule has 14 heavy (non-hydrogen) atoms. The van der Waals surface area contributed by atoms with Gasteiger partial charge in [0.2, 0.25) is 0 Å². The molecule has 1 aliphatic rings. The summed E-state index contributed by atoms with van der Waals surface area (Å²) in [6.07, 6.45) is 0. The first-order chi connectivity index (χ1) is 6.59. The highest BCUT2D eigenvalue weighted by Crippen LogP contribution is 2.16. The van der Waals surface area contributed by atoms with Crippen LogP contribution in [0.5, 0.6) is 0 Å². The molecule has 0 atom stereocenters. The molecule has 1 aromatic heterocycles. The highest BCUT2D eigenvalue weighted by atomic mass is 127. The Morgan fingerprint density at radius 3 is 2.79 bits per heavy atom. The monoisotopic (exact) mass is 307 g/mol. The molecule has 1 aromatic rings. The van der Waals surface area contributed by atoms with E-state index in [4.69, 9.17) is 0 Å². The van der Waals surface area contributed by atoms with Crippen LogP contribution >= 0.6 is 22.6 Å². The number of rotatable bonds is 1. The van der Waals surface area contributed by atoms with Gasteiger partial charge < -0.3 is 4.98 Å². The highest BCUT2D eigenvalue weighted by Gasteiger charge is 2.22. The van der Waals surface area contributed by atoms with Crippen LogP contribution in [0, 0.1) is 3.70 Å². The van der Waals surface area contributed by atoms with E-state index in [1.165, 1.54) is 0 Å². The van der Waals surface area contributed by atoms with Gasteiger partial charge in [-0.3, -0.25) is 9.47 Å². The van der Waals surface area contributed by atoms with Crippen LogP contribution in [-0.2, 0) is 13.1 Å². The number of imidazole rings is 1. The summed E-state index contributed by atoms with van der Waals surface area (Å²) < 4.78 is 2.83. The molecule has 2 rings (SSSR count). The lowest BCUT2D eigenvalue weighted by atomic mass is 10.2. The number of hydrogen-bond acceptors (Lipinski definition) is 2. The van der Waals surface area contributed by atoms with Crippen LogP contribution in [0.1, 0.15) is 19.5 Å². The fraction of sp³-hybridized carbons (Fsp3) is 0.667. The fourth-order valence-electron chi connectivity index (χ4n) is 1.81. The largest absolute Gasteiger partial charge is 0.326 e. The van der Waals surface area contributed by atoms with Crippen molar-refractivity contribution in [3.05, 3.63) is 19.9 Å². The van der Waals surface area contributed by atoms with Gasteiger partial charge in [-0.2, -0.15) is 0 Å². The molecule has 1 N–H and O–H groups in total. The van der Waals surface area contributed by atoms with Crippen molar-refractivity contribution in [2.24, 2.45) is 0 Å². The first-order valence-corrected chi connectivity index (χ1v) is 5.88. The minimum Gasteiger partial charge on any atom is -0.301 e. The van der Waals surface area contributed by atoms with Crippen LogP contribution in [0.2, 0.25) is 0 Å². The molecule has 0 aliphatic carbocycles. The average molecular weight is 307 g/mol. The van der Waals surface area contributed by atoms with E-state index in [0.29, 0.717) is 6.04 Å². The van der Waals surface area contributed by atoms with E-state index in [-0.39, 0.29) is 5.69 Å². The predicted molar refractivity (Wildman–Crippen MR) is 63.3 cm³/mol. The van der Waals surface area contributed by atoms with Gasteiger partial charge in [0.05, 0.1) is 5.69 Å². The summed E-state index contributed by atoms with van der Waals surface area (Å²) in [6.45, 7) is 7.04. The van der Waals surface area contributed by atoms with Gasteiger partial charge >= 0.3 is 5.69 Å². The normalized spacial score (nSPS) is 17.4. The van der Waals surface area contributed by atoms with Gasteiger partial charge in [-0.15, -0.1) is 0 Å². The van der Waals surface area contributed by atoms with E-state index >= 15 is 0 Å². The first kappa shape index (κ1) is 10.2. The van der Waals surface area contributed by atoms with Gasteiger partial charge in [0, 0.05) is 25.7 Å². The lowest BCUT2D eigenvalue weighted by Gasteiger charge is -2.30. The number of halogens is 1. The van der Waals surface area contributed by atoms with Crippen LogP contribution < -0.4 is 5.69 Å². The van der Waals surface area contributed by atoms with E-state index in [0.717, 1.165) is 29.0 Å². The molecule has 0 fully saturated rings. The Balaban J connectivity index is 2.34. The maximum Gasteiger partial charge on any atom is 0.326 e. The number of aromatic amines is 1. The molecule has 0 unspecified atom stereocenters. The van der Waals surface area contributed by atoms with Crippen molar-refractivity contribution in [3.63, 3.8) is 0 Å². The van der Waals surface area contributed by atoms with Gasteiger partial charge in [-0.25, -0.2) is 4.79 Å².